The van der Waals surface area contributed by atoms with Crippen molar-refractivity contribution in [2.24, 2.45) is 0 Å². The van der Waals surface area contributed by atoms with Gasteiger partial charge < -0.3 is 9.80 Å². The van der Waals surface area contributed by atoms with E-state index >= 15 is 0 Å². The molecule has 0 radical (unpaired) electrons. The number of hydrogen-bond donors (Lipinski definition) is 1. The highest BCUT2D eigenvalue weighted by Gasteiger charge is 2.26. The van der Waals surface area contributed by atoms with E-state index in [0.29, 0.717) is 36.9 Å². The molecule has 0 unspecified atom stereocenters. The zero-order valence-corrected chi connectivity index (χ0v) is 16.2. The van der Waals surface area contributed by atoms with Gasteiger partial charge in [0.1, 0.15) is 5.69 Å². The minimum atomic E-state index is -3.74. The number of nitro groups is 1. The van der Waals surface area contributed by atoms with E-state index in [1.807, 2.05) is 29.2 Å². The van der Waals surface area contributed by atoms with Crippen LogP contribution in [0, 0.1) is 10.1 Å². The first-order chi connectivity index (χ1) is 12.8. The number of rotatable bonds is 5. The smallest absolute Gasteiger partial charge is 0.293 e. The third kappa shape index (κ3) is 4.15. The SMILES string of the molecule is CNS(=O)(=O)c1ccc(N2CCN(c3cccc(Cl)c3)CC2)c([N+](=O)[O-])c1. The van der Waals surface area contributed by atoms with Crippen molar-refractivity contribution < 1.29 is 13.3 Å². The van der Waals surface area contributed by atoms with Gasteiger partial charge in [0, 0.05) is 43.0 Å². The number of nitrogens with one attached hydrogen (secondary N) is 1. The molecule has 1 N–H and O–H groups in total. The Morgan fingerprint density at radius 1 is 1.07 bits per heavy atom. The highest BCUT2D eigenvalue weighted by molar-refractivity contribution is 7.89. The van der Waals surface area contributed by atoms with Crippen molar-refractivity contribution in [2.45, 2.75) is 4.90 Å². The lowest BCUT2D eigenvalue weighted by Crippen LogP contribution is -2.46. The predicted molar refractivity (Wildman–Crippen MR) is 105 cm³/mol. The molecule has 1 saturated heterocycles. The molecule has 1 aliphatic rings. The fraction of sp³-hybridized carbons (Fsp3) is 0.294. The Balaban J connectivity index is 1.82. The second-order valence-corrected chi connectivity index (χ2v) is 8.39. The zero-order valence-electron chi connectivity index (χ0n) is 14.6. The van der Waals surface area contributed by atoms with Crippen molar-refractivity contribution in [3.63, 3.8) is 0 Å². The largest absolute Gasteiger partial charge is 0.368 e. The van der Waals surface area contributed by atoms with Gasteiger partial charge in [-0.3, -0.25) is 10.1 Å². The molecule has 0 aliphatic carbocycles. The van der Waals surface area contributed by atoms with E-state index in [1.165, 1.54) is 19.2 Å². The Morgan fingerprint density at radius 2 is 1.74 bits per heavy atom. The van der Waals surface area contributed by atoms with Gasteiger partial charge in [-0.05, 0) is 37.4 Å². The highest BCUT2D eigenvalue weighted by Crippen LogP contribution is 2.32. The number of hydrogen-bond acceptors (Lipinski definition) is 6. The molecule has 1 fully saturated rings. The van der Waals surface area contributed by atoms with E-state index in [9.17, 15) is 18.5 Å². The first kappa shape index (κ1) is 19.4. The van der Waals surface area contributed by atoms with Crippen molar-refractivity contribution in [1.29, 1.82) is 0 Å². The van der Waals surface area contributed by atoms with Gasteiger partial charge in [0.05, 0.1) is 9.82 Å². The summed E-state index contributed by atoms with van der Waals surface area (Å²) in [5.74, 6) is 0. The number of piperazine rings is 1. The molecule has 1 aliphatic heterocycles. The average Bonchev–Trinajstić information content (AvgIpc) is 2.67. The molecule has 144 valence electrons. The van der Waals surface area contributed by atoms with E-state index in [2.05, 4.69) is 9.62 Å². The minimum absolute atomic E-state index is 0.127. The summed E-state index contributed by atoms with van der Waals surface area (Å²) >= 11 is 6.04. The van der Waals surface area contributed by atoms with Crippen LogP contribution in [0.15, 0.2) is 47.4 Å². The van der Waals surface area contributed by atoms with E-state index in [1.54, 1.807) is 0 Å². The molecule has 3 rings (SSSR count). The molecule has 0 spiro atoms. The molecule has 10 heteroatoms. The van der Waals surface area contributed by atoms with Gasteiger partial charge in [-0.2, -0.15) is 0 Å². The summed E-state index contributed by atoms with van der Waals surface area (Å²) in [6, 6.07) is 11.5. The lowest BCUT2D eigenvalue weighted by molar-refractivity contribution is -0.384. The summed E-state index contributed by atoms with van der Waals surface area (Å²) in [5, 5.41) is 12.2. The van der Waals surface area contributed by atoms with Crippen molar-refractivity contribution in [3.8, 4) is 0 Å². The maximum atomic E-state index is 11.9. The fourth-order valence-corrected chi connectivity index (χ4v) is 4.01. The van der Waals surface area contributed by atoms with Crippen LogP contribution in [-0.2, 0) is 10.0 Å². The number of nitrogens with zero attached hydrogens (tertiary/aromatic N) is 3. The van der Waals surface area contributed by atoms with E-state index in [0.717, 1.165) is 11.8 Å². The Bertz CT molecular complexity index is 959. The van der Waals surface area contributed by atoms with Gasteiger partial charge in [-0.25, -0.2) is 13.1 Å². The Hall–Kier alpha value is -2.36. The molecule has 2 aromatic carbocycles. The normalized spacial score (nSPS) is 15.0. The quantitative estimate of drug-likeness (QED) is 0.601. The van der Waals surface area contributed by atoms with Crippen LogP contribution in [0.2, 0.25) is 5.02 Å². The lowest BCUT2D eigenvalue weighted by Gasteiger charge is -2.37. The molecule has 27 heavy (non-hydrogen) atoms. The molecule has 0 atom stereocenters. The van der Waals surface area contributed by atoms with Crippen LogP contribution in [0.4, 0.5) is 17.1 Å². The topological polar surface area (TPSA) is 95.8 Å². The summed E-state index contributed by atoms with van der Waals surface area (Å²) in [4.78, 5) is 14.9. The predicted octanol–water partition coefficient (Wildman–Crippen LogP) is 2.48. The van der Waals surface area contributed by atoms with Crippen molar-refractivity contribution in [1.82, 2.24) is 4.72 Å². The highest BCUT2D eigenvalue weighted by atomic mass is 35.5. The maximum absolute atomic E-state index is 11.9. The van der Waals surface area contributed by atoms with Crippen LogP contribution in [0.25, 0.3) is 0 Å². The summed E-state index contributed by atoms with van der Waals surface area (Å²) in [6.45, 7) is 2.50. The molecular weight excluding hydrogens is 392 g/mol. The number of benzene rings is 2. The third-order valence-corrected chi connectivity index (χ3v) is 6.16. The van der Waals surface area contributed by atoms with E-state index in [4.69, 9.17) is 11.6 Å². The molecule has 0 bridgehead atoms. The Kier molecular flexibility index (Phi) is 5.54. The number of nitro benzene ring substituents is 1. The summed E-state index contributed by atoms with van der Waals surface area (Å²) in [7, 11) is -2.48. The number of halogens is 1. The Morgan fingerprint density at radius 3 is 2.33 bits per heavy atom. The van der Waals surface area contributed by atoms with Gasteiger partial charge in [0.2, 0.25) is 10.0 Å². The molecule has 2 aromatic rings. The van der Waals surface area contributed by atoms with Crippen LogP contribution in [-0.4, -0.2) is 46.6 Å². The van der Waals surface area contributed by atoms with Crippen LogP contribution >= 0.6 is 11.6 Å². The van der Waals surface area contributed by atoms with Crippen LogP contribution in [0.1, 0.15) is 0 Å². The first-order valence-corrected chi connectivity index (χ1v) is 10.2. The second kappa shape index (κ2) is 7.71. The number of anilines is 2. The van der Waals surface area contributed by atoms with Crippen LogP contribution in [0.5, 0.6) is 0 Å². The Labute approximate surface area is 162 Å². The van der Waals surface area contributed by atoms with E-state index < -0.39 is 14.9 Å². The van der Waals surface area contributed by atoms with Gasteiger partial charge in [-0.15, -0.1) is 0 Å². The lowest BCUT2D eigenvalue weighted by atomic mass is 10.2. The van der Waals surface area contributed by atoms with Crippen molar-refractivity contribution in [2.75, 3.05) is 43.0 Å². The molecule has 0 aromatic heterocycles. The minimum Gasteiger partial charge on any atom is -0.368 e. The van der Waals surface area contributed by atoms with E-state index in [-0.39, 0.29) is 10.6 Å². The van der Waals surface area contributed by atoms with Gasteiger partial charge in [0.15, 0.2) is 0 Å². The first-order valence-electron chi connectivity index (χ1n) is 8.29. The molecule has 8 nitrogen and oxygen atoms in total. The molecule has 0 saturated carbocycles. The van der Waals surface area contributed by atoms with Crippen molar-refractivity contribution in [3.05, 3.63) is 57.6 Å². The van der Waals surface area contributed by atoms with Crippen molar-refractivity contribution >= 4 is 38.7 Å². The average molecular weight is 411 g/mol. The summed E-state index contributed by atoms with van der Waals surface area (Å²) in [6.07, 6.45) is 0. The van der Waals surface area contributed by atoms with Gasteiger partial charge in [0.25, 0.3) is 5.69 Å². The van der Waals surface area contributed by atoms with Gasteiger partial charge in [-0.1, -0.05) is 17.7 Å². The molecular formula is C17H19ClN4O4S. The van der Waals surface area contributed by atoms with Crippen LogP contribution in [0.3, 0.4) is 0 Å². The maximum Gasteiger partial charge on any atom is 0.293 e. The molecule has 1 heterocycles. The van der Waals surface area contributed by atoms with Crippen LogP contribution < -0.4 is 14.5 Å². The monoisotopic (exact) mass is 410 g/mol. The second-order valence-electron chi connectivity index (χ2n) is 6.07. The standard InChI is InChI=1S/C17H19ClN4O4S/c1-19-27(25,26)15-5-6-16(17(12-15)22(23)24)21-9-7-20(8-10-21)14-4-2-3-13(18)11-14/h2-6,11-12,19H,7-10H2,1H3. The number of sulfonamides is 1. The third-order valence-electron chi connectivity index (χ3n) is 4.52. The van der Waals surface area contributed by atoms with Gasteiger partial charge >= 0.3 is 0 Å². The summed E-state index contributed by atoms with van der Waals surface area (Å²) < 4.78 is 26.0. The fourth-order valence-electron chi connectivity index (χ4n) is 3.08. The summed E-state index contributed by atoms with van der Waals surface area (Å²) in [5.41, 5.74) is 1.20. The zero-order chi connectivity index (χ0) is 19.6. The molecule has 0 amide bonds.